The second-order valence-electron chi connectivity index (χ2n) is 11.0. The highest BCUT2D eigenvalue weighted by Gasteiger charge is 2.68. The van der Waals surface area contributed by atoms with E-state index in [2.05, 4.69) is 11.9 Å². The Morgan fingerprint density at radius 3 is 2.78 bits per heavy atom. The van der Waals surface area contributed by atoms with Crippen molar-refractivity contribution < 1.29 is 19.8 Å². The number of allylic oxidation sites excluding steroid dienone is 1. The van der Waals surface area contributed by atoms with Crippen LogP contribution in [0.15, 0.2) is 29.2 Å². The zero-order valence-electron chi connectivity index (χ0n) is 19.2. The summed E-state index contributed by atoms with van der Waals surface area (Å²) in [4.78, 5) is 29.7. The predicted octanol–water partition coefficient (Wildman–Crippen LogP) is 3.32. The third kappa shape index (κ3) is 3.03. The Balaban J connectivity index is 1.41. The molecule has 4 aliphatic rings. The number of aromatic nitrogens is 2. The number of hydrogen-bond acceptors (Lipinski definition) is 6. The molecule has 0 saturated heterocycles. The molecule has 3 saturated carbocycles. The fraction of sp³-hybridized carbons (Fsp3) is 0.720. The Labute approximate surface area is 193 Å². The smallest absolute Gasteiger partial charge is 0.175 e. The van der Waals surface area contributed by atoms with E-state index in [4.69, 9.17) is 0 Å². The van der Waals surface area contributed by atoms with E-state index in [1.54, 1.807) is 6.20 Å². The first-order chi connectivity index (χ1) is 15.1. The fourth-order valence-corrected chi connectivity index (χ4v) is 8.79. The van der Waals surface area contributed by atoms with Crippen molar-refractivity contribution >= 4 is 23.3 Å². The number of Topliss-reactive ketones (excluding diaryl/α,β-unsaturated/α-hetero) is 1. The average molecular weight is 459 g/mol. The minimum Gasteiger partial charge on any atom is -0.393 e. The summed E-state index contributed by atoms with van der Waals surface area (Å²) in [6.07, 6.45) is 9.65. The van der Waals surface area contributed by atoms with Crippen molar-refractivity contribution in [1.29, 1.82) is 0 Å². The summed E-state index contributed by atoms with van der Waals surface area (Å²) in [7, 11) is 1.89. The van der Waals surface area contributed by atoms with Crippen LogP contribution in [0.4, 0.5) is 0 Å². The van der Waals surface area contributed by atoms with Crippen molar-refractivity contribution in [3.63, 3.8) is 0 Å². The highest BCUT2D eigenvalue weighted by molar-refractivity contribution is 7.99. The van der Waals surface area contributed by atoms with Crippen LogP contribution >= 0.6 is 11.8 Å². The summed E-state index contributed by atoms with van der Waals surface area (Å²) in [6, 6.07) is 0. The van der Waals surface area contributed by atoms with Crippen LogP contribution in [0, 0.1) is 28.6 Å². The molecule has 2 N–H and O–H groups in total. The van der Waals surface area contributed by atoms with Gasteiger partial charge in [0.05, 0.1) is 11.9 Å². The van der Waals surface area contributed by atoms with Gasteiger partial charge in [-0.15, -0.1) is 0 Å². The van der Waals surface area contributed by atoms with Gasteiger partial charge in [0.25, 0.3) is 0 Å². The van der Waals surface area contributed by atoms with E-state index >= 15 is 0 Å². The number of rotatable bonds is 4. The molecule has 0 aliphatic heterocycles. The van der Waals surface area contributed by atoms with E-state index in [-0.39, 0.29) is 40.5 Å². The molecule has 0 bridgehead atoms. The third-order valence-electron chi connectivity index (χ3n) is 9.62. The average Bonchev–Trinajstić information content (AvgIpc) is 3.27. The van der Waals surface area contributed by atoms with Crippen molar-refractivity contribution in [3.8, 4) is 0 Å². The molecule has 7 heteroatoms. The highest BCUT2D eigenvalue weighted by Crippen LogP contribution is 2.67. The van der Waals surface area contributed by atoms with E-state index in [9.17, 15) is 19.8 Å². The molecule has 6 nitrogen and oxygen atoms in total. The second-order valence-corrected chi connectivity index (χ2v) is 12.0. The van der Waals surface area contributed by atoms with Gasteiger partial charge in [0.2, 0.25) is 0 Å². The first kappa shape index (κ1) is 22.4. The largest absolute Gasteiger partial charge is 0.393 e. The molecule has 4 aliphatic carbocycles. The van der Waals surface area contributed by atoms with Gasteiger partial charge in [0.1, 0.15) is 5.60 Å². The maximum absolute atomic E-state index is 13.4. The van der Waals surface area contributed by atoms with Crippen LogP contribution in [-0.2, 0) is 16.6 Å². The quantitative estimate of drug-likeness (QED) is 0.673. The number of ketones is 2. The number of thioether (sulfide) groups is 1. The third-order valence-corrected chi connectivity index (χ3v) is 10.7. The lowest BCUT2D eigenvalue weighted by Crippen LogP contribution is -2.61. The summed E-state index contributed by atoms with van der Waals surface area (Å²) in [5.41, 5.74) is -1.000. The SMILES string of the molecule is Cn1ccnc1SCC(=O)[C@@]1(O)CCC2C3CCC4=CC(=O)CCC4(C)C3C(O)CC21C. The molecule has 0 radical (unpaired) electrons. The maximum Gasteiger partial charge on any atom is 0.175 e. The number of aliphatic hydroxyl groups excluding tert-OH is 1. The molecule has 174 valence electrons. The topological polar surface area (TPSA) is 92.4 Å². The molecule has 3 fully saturated rings. The molecule has 1 aromatic rings. The van der Waals surface area contributed by atoms with Crippen molar-refractivity contribution in [2.45, 2.75) is 75.7 Å². The van der Waals surface area contributed by atoms with E-state index < -0.39 is 17.1 Å². The lowest BCUT2D eigenvalue weighted by atomic mass is 9.45. The Kier molecular flexibility index (Phi) is 5.27. The van der Waals surface area contributed by atoms with E-state index in [1.807, 2.05) is 30.8 Å². The highest BCUT2D eigenvalue weighted by atomic mass is 32.2. The molecular formula is C25H34N2O4S. The van der Waals surface area contributed by atoms with Crippen LogP contribution in [0.25, 0.3) is 0 Å². The van der Waals surface area contributed by atoms with Gasteiger partial charge in [-0.3, -0.25) is 9.59 Å². The second kappa shape index (κ2) is 7.54. The Bertz CT molecular complexity index is 988. The van der Waals surface area contributed by atoms with Crippen molar-refractivity contribution in [2.75, 3.05) is 5.75 Å². The van der Waals surface area contributed by atoms with Crippen molar-refractivity contribution in [1.82, 2.24) is 9.55 Å². The van der Waals surface area contributed by atoms with Gasteiger partial charge in [0, 0.05) is 31.3 Å². The zero-order valence-corrected chi connectivity index (χ0v) is 20.0. The molecule has 7 atom stereocenters. The number of carbonyl (C=O) groups is 2. The van der Waals surface area contributed by atoms with Crippen molar-refractivity contribution in [3.05, 3.63) is 24.0 Å². The Hall–Kier alpha value is -1.44. The van der Waals surface area contributed by atoms with Crippen LogP contribution in [0.1, 0.15) is 58.8 Å². The lowest BCUT2D eigenvalue weighted by molar-refractivity contribution is -0.178. The Morgan fingerprint density at radius 2 is 2.06 bits per heavy atom. The minimum absolute atomic E-state index is 0.0908. The molecule has 0 aromatic carbocycles. The molecule has 32 heavy (non-hydrogen) atoms. The molecule has 0 spiro atoms. The first-order valence-corrected chi connectivity index (χ1v) is 12.9. The van der Waals surface area contributed by atoms with Crippen molar-refractivity contribution in [2.24, 2.45) is 35.6 Å². The summed E-state index contributed by atoms with van der Waals surface area (Å²) in [6.45, 7) is 4.26. The lowest BCUT2D eigenvalue weighted by Gasteiger charge is -2.60. The Morgan fingerprint density at radius 1 is 1.28 bits per heavy atom. The monoisotopic (exact) mass is 458 g/mol. The number of nitrogens with zero attached hydrogens (tertiary/aromatic N) is 2. The van der Waals surface area contributed by atoms with Crippen LogP contribution in [0.5, 0.6) is 0 Å². The number of fused-ring (bicyclic) bond motifs is 5. The van der Waals surface area contributed by atoms with E-state index in [0.29, 0.717) is 19.3 Å². The summed E-state index contributed by atoms with van der Waals surface area (Å²) < 4.78 is 1.87. The van der Waals surface area contributed by atoms with Crippen LogP contribution in [-0.4, -0.2) is 48.8 Å². The molecule has 5 rings (SSSR count). The number of carbonyl (C=O) groups excluding carboxylic acids is 2. The van der Waals surface area contributed by atoms with E-state index in [0.717, 1.165) is 30.8 Å². The number of aliphatic hydroxyl groups is 2. The van der Waals surface area contributed by atoms with Gasteiger partial charge < -0.3 is 14.8 Å². The standard InChI is InChI=1S/C25H34N2O4S/c1-23-8-6-16(28)12-15(23)4-5-17-18-7-9-25(31,24(18,2)13-19(29)21(17)23)20(30)14-32-22-26-10-11-27(22)3/h10-12,17-19,21,29,31H,4-9,13-14H2,1-3H3/t17?,18?,19?,21?,23?,24?,25-/m0/s1. The number of hydrogen-bond donors (Lipinski definition) is 2. The molecule has 1 heterocycles. The van der Waals surface area contributed by atoms with Gasteiger partial charge in [-0.25, -0.2) is 4.98 Å². The van der Waals surface area contributed by atoms with Crippen LogP contribution in [0.2, 0.25) is 0 Å². The van der Waals surface area contributed by atoms with Crippen LogP contribution < -0.4 is 0 Å². The maximum atomic E-state index is 13.4. The fourth-order valence-electron chi connectivity index (χ4n) is 7.89. The summed E-state index contributed by atoms with van der Waals surface area (Å²) >= 11 is 1.36. The number of imidazole rings is 1. The molecule has 0 amide bonds. The molecule has 6 unspecified atom stereocenters. The van der Waals surface area contributed by atoms with Gasteiger partial charge in [-0.05, 0) is 67.8 Å². The zero-order chi connectivity index (χ0) is 22.9. The van der Waals surface area contributed by atoms with Crippen LogP contribution in [0.3, 0.4) is 0 Å². The molecular weight excluding hydrogens is 424 g/mol. The number of aryl methyl sites for hydroxylation is 1. The van der Waals surface area contributed by atoms with E-state index in [1.165, 1.54) is 17.3 Å². The first-order valence-electron chi connectivity index (χ1n) is 11.9. The normalized spacial score (nSPS) is 43.3. The van der Waals surface area contributed by atoms with Gasteiger partial charge >= 0.3 is 0 Å². The van der Waals surface area contributed by atoms with Gasteiger partial charge in [-0.1, -0.05) is 31.2 Å². The van der Waals surface area contributed by atoms with Gasteiger partial charge in [0.15, 0.2) is 16.7 Å². The predicted molar refractivity (Wildman–Crippen MR) is 122 cm³/mol. The van der Waals surface area contributed by atoms with Gasteiger partial charge in [-0.2, -0.15) is 0 Å². The summed E-state index contributed by atoms with van der Waals surface area (Å²) in [5, 5.41) is 24.0. The minimum atomic E-state index is -1.42. The molecule has 1 aromatic heterocycles. The summed E-state index contributed by atoms with van der Waals surface area (Å²) in [5.74, 6) is 0.806.